The molecule has 0 aliphatic rings. The fourth-order valence-corrected chi connectivity index (χ4v) is 2.21. The standard InChI is InChI=1S/C18H22N2O3/c1-3-10-23-16-7-5-6-14(11-16)12-17(21)19-15-8-9-18(22)20(4-2)13-15/h5-9,11,13H,3-4,10,12H2,1-2H3,(H,19,21). The van der Waals surface area contributed by atoms with Gasteiger partial charge in [0.25, 0.3) is 5.56 Å². The van der Waals surface area contributed by atoms with Crippen LogP contribution in [-0.4, -0.2) is 17.1 Å². The summed E-state index contributed by atoms with van der Waals surface area (Å²) in [4.78, 5) is 23.7. The molecule has 1 aromatic carbocycles. The van der Waals surface area contributed by atoms with Gasteiger partial charge in [-0.3, -0.25) is 9.59 Å². The average Bonchev–Trinajstić information content (AvgIpc) is 2.55. The van der Waals surface area contributed by atoms with Gasteiger partial charge >= 0.3 is 0 Å². The number of hydrogen-bond donors (Lipinski definition) is 1. The second-order valence-corrected chi connectivity index (χ2v) is 5.26. The largest absolute Gasteiger partial charge is 0.494 e. The van der Waals surface area contributed by atoms with Crippen LogP contribution >= 0.6 is 0 Å². The third-order valence-corrected chi connectivity index (χ3v) is 3.34. The van der Waals surface area contributed by atoms with Crippen LogP contribution in [0, 0.1) is 0 Å². The van der Waals surface area contributed by atoms with Crippen LogP contribution in [0.25, 0.3) is 0 Å². The third kappa shape index (κ3) is 4.98. The maximum Gasteiger partial charge on any atom is 0.250 e. The number of hydrogen-bond acceptors (Lipinski definition) is 3. The van der Waals surface area contributed by atoms with Crippen LogP contribution in [0.1, 0.15) is 25.8 Å². The van der Waals surface area contributed by atoms with Crippen LogP contribution in [0.4, 0.5) is 5.69 Å². The van der Waals surface area contributed by atoms with Gasteiger partial charge in [-0.2, -0.15) is 0 Å². The molecule has 0 aliphatic carbocycles. The van der Waals surface area contributed by atoms with E-state index >= 15 is 0 Å². The maximum absolute atomic E-state index is 12.2. The van der Waals surface area contributed by atoms with Crippen molar-refractivity contribution in [3.63, 3.8) is 0 Å². The number of carbonyl (C=O) groups is 1. The quantitative estimate of drug-likeness (QED) is 0.855. The zero-order valence-corrected chi connectivity index (χ0v) is 13.5. The molecule has 0 fully saturated rings. The second kappa shape index (κ2) is 8.17. The Labute approximate surface area is 135 Å². The van der Waals surface area contributed by atoms with Crippen molar-refractivity contribution in [3.05, 3.63) is 58.5 Å². The number of nitrogens with zero attached hydrogens (tertiary/aromatic N) is 1. The lowest BCUT2D eigenvalue weighted by Gasteiger charge is -2.09. The minimum absolute atomic E-state index is 0.0775. The SMILES string of the molecule is CCCOc1cccc(CC(=O)Nc2ccc(=O)n(CC)c2)c1. The normalized spacial score (nSPS) is 10.3. The van der Waals surface area contributed by atoms with E-state index in [0.717, 1.165) is 17.7 Å². The summed E-state index contributed by atoms with van der Waals surface area (Å²) in [7, 11) is 0. The van der Waals surface area contributed by atoms with Gasteiger partial charge in [-0.05, 0) is 37.1 Å². The highest BCUT2D eigenvalue weighted by molar-refractivity contribution is 5.92. The van der Waals surface area contributed by atoms with E-state index in [-0.39, 0.29) is 17.9 Å². The van der Waals surface area contributed by atoms with Crippen molar-refractivity contribution in [3.8, 4) is 5.75 Å². The fraction of sp³-hybridized carbons (Fsp3) is 0.333. The number of carbonyl (C=O) groups excluding carboxylic acids is 1. The molecule has 1 N–H and O–H groups in total. The Balaban J connectivity index is 2.00. The molecule has 1 heterocycles. The first-order valence-corrected chi connectivity index (χ1v) is 7.84. The summed E-state index contributed by atoms with van der Waals surface area (Å²) in [5.74, 6) is 0.649. The number of rotatable bonds is 7. The minimum atomic E-state index is -0.126. The number of pyridine rings is 1. The van der Waals surface area contributed by atoms with Crippen LogP contribution in [-0.2, 0) is 17.8 Å². The monoisotopic (exact) mass is 314 g/mol. The fourth-order valence-electron chi connectivity index (χ4n) is 2.21. The molecule has 0 atom stereocenters. The number of aryl methyl sites for hydroxylation is 1. The summed E-state index contributed by atoms with van der Waals surface area (Å²) in [5.41, 5.74) is 1.43. The van der Waals surface area contributed by atoms with E-state index in [9.17, 15) is 9.59 Å². The molecule has 0 saturated heterocycles. The zero-order valence-electron chi connectivity index (χ0n) is 13.5. The van der Waals surface area contributed by atoms with Gasteiger partial charge in [0.1, 0.15) is 5.75 Å². The molecule has 0 saturated carbocycles. The van der Waals surface area contributed by atoms with E-state index in [2.05, 4.69) is 5.32 Å². The highest BCUT2D eigenvalue weighted by atomic mass is 16.5. The number of ether oxygens (including phenoxy) is 1. The molecule has 23 heavy (non-hydrogen) atoms. The van der Waals surface area contributed by atoms with Crippen molar-refractivity contribution in [2.24, 2.45) is 0 Å². The Bertz CT molecular complexity index is 722. The number of aromatic nitrogens is 1. The van der Waals surface area contributed by atoms with Crippen LogP contribution in [0.2, 0.25) is 0 Å². The van der Waals surface area contributed by atoms with Gasteiger partial charge in [0.05, 0.1) is 18.7 Å². The molecule has 2 aromatic rings. The molecule has 0 radical (unpaired) electrons. The molecular formula is C18H22N2O3. The second-order valence-electron chi connectivity index (χ2n) is 5.26. The van der Waals surface area contributed by atoms with Gasteiger partial charge < -0.3 is 14.6 Å². The van der Waals surface area contributed by atoms with Crippen LogP contribution in [0.5, 0.6) is 5.75 Å². The predicted molar refractivity (Wildman–Crippen MR) is 90.9 cm³/mol. The number of anilines is 1. The van der Waals surface area contributed by atoms with Gasteiger partial charge in [0, 0.05) is 18.8 Å². The molecule has 0 aliphatic heterocycles. The molecule has 0 unspecified atom stereocenters. The van der Waals surface area contributed by atoms with Crippen LogP contribution in [0.3, 0.4) is 0 Å². The van der Waals surface area contributed by atoms with E-state index < -0.39 is 0 Å². The third-order valence-electron chi connectivity index (χ3n) is 3.34. The van der Waals surface area contributed by atoms with Gasteiger partial charge in [-0.1, -0.05) is 19.1 Å². The number of nitrogens with one attached hydrogen (secondary N) is 1. The molecule has 2 rings (SSSR count). The first kappa shape index (κ1) is 16.8. The number of benzene rings is 1. The van der Waals surface area contributed by atoms with E-state index in [1.807, 2.05) is 38.1 Å². The molecule has 0 bridgehead atoms. The molecule has 0 spiro atoms. The van der Waals surface area contributed by atoms with Gasteiger partial charge in [0.2, 0.25) is 5.91 Å². The first-order valence-electron chi connectivity index (χ1n) is 7.84. The van der Waals surface area contributed by atoms with Crippen molar-refractivity contribution < 1.29 is 9.53 Å². The smallest absolute Gasteiger partial charge is 0.250 e. The van der Waals surface area contributed by atoms with Crippen LogP contribution < -0.4 is 15.6 Å². The van der Waals surface area contributed by atoms with Gasteiger partial charge in [-0.15, -0.1) is 0 Å². The Morgan fingerprint density at radius 2 is 2.04 bits per heavy atom. The van der Waals surface area contributed by atoms with E-state index in [1.54, 1.807) is 16.8 Å². The van der Waals surface area contributed by atoms with Gasteiger partial charge in [-0.25, -0.2) is 0 Å². The highest BCUT2D eigenvalue weighted by Gasteiger charge is 2.06. The summed E-state index contributed by atoms with van der Waals surface area (Å²) < 4.78 is 7.12. The Morgan fingerprint density at radius 3 is 2.78 bits per heavy atom. The Kier molecular flexibility index (Phi) is 5.97. The lowest BCUT2D eigenvalue weighted by Crippen LogP contribution is -2.20. The van der Waals surface area contributed by atoms with Crippen molar-refractivity contribution in [2.45, 2.75) is 33.2 Å². The molecule has 5 nitrogen and oxygen atoms in total. The zero-order chi connectivity index (χ0) is 16.7. The van der Waals surface area contributed by atoms with Crippen molar-refractivity contribution in [1.82, 2.24) is 4.57 Å². The lowest BCUT2D eigenvalue weighted by molar-refractivity contribution is -0.115. The minimum Gasteiger partial charge on any atom is -0.494 e. The molecule has 122 valence electrons. The summed E-state index contributed by atoms with van der Waals surface area (Å²) in [6, 6.07) is 10.6. The highest BCUT2D eigenvalue weighted by Crippen LogP contribution is 2.14. The first-order chi connectivity index (χ1) is 11.1. The average molecular weight is 314 g/mol. The summed E-state index contributed by atoms with van der Waals surface area (Å²) in [6.07, 6.45) is 2.85. The number of amides is 1. The molecule has 1 aromatic heterocycles. The summed E-state index contributed by atoms with van der Waals surface area (Å²) >= 11 is 0. The Morgan fingerprint density at radius 1 is 1.22 bits per heavy atom. The van der Waals surface area contributed by atoms with E-state index in [0.29, 0.717) is 18.8 Å². The predicted octanol–water partition coefficient (Wildman–Crippen LogP) is 2.84. The van der Waals surface area contributed by atoms with E-state index in [1.165, 1.54) is 6.07 Å². The van der Waals surface area contributed by atoms with Gasteiger partial charge in [0.15, 0.2) is 0 Å². The van der Waals surface area contributed by atoms with Crippen molar-refractivity contribution in [2.75, 3.05) is 11.9 Å². The molecular weight excluding hydrogens is 292 g/mol. The topological polar surface area (TPSA) is 60.3 Å². The van der Waals surface area contributed by atoms with Crippen LogP contribution in [0.15, 0.2) is 47.4 Å². The maximum atomic E-state index is 12.2. The Hall–Kier alpha value is -2.56. The van der Waals surface area contributed by atoms with Crippen molar-refractivity contribution >= 4 is 11.6 Å². The summed E-state index contributed by atoms with van der Waals surface area (Å²) in [6.45, 7) is 5.16. The molecule has 1 amide bonds. The lowest BCUT2D eigenvalue weighted by atomic mass is 10.1. The summed E-state index contributed by atoms with van der Waals surface area (Å²) in [5, 5.41) is 2.82. The van der Waals surface area contributed by atoms with Crippen molar-refractivity contribution in [1.29, 1.82) is 0 Å². The van der Waals surface area contributed by atoms with E-state index in [4.69, 9.17) is 4.74 Å². The molecule has 5 heteroatoms.